The summed E-state index contributed by atoms with van der Waals surface area (Å²) in [5.74, 6) is 0. The summed E-state index contributed by atoms with van der Waals surface area (Å²) in [6.07, 6.45) is 2.25. The number of anilines is 2. The fourth-order valence-electron chi connectivity index (χ4n) is 5.38. The van der Waals surface area contributed by atoms with Crippen LogP contribution < -0.4 is 11.5 Å². The topological polar surface area (TPSA) is 52.0 Å². The molecule has 0 atom stereocenters. The first kappa shape index (κ1) is 14.6. The van der Waals surface area contributed by atoms with Crippen LogP contribution >= 0.6 is 0 Å². The third kappa shape index (κ3) is 1.81. The standard InChI is InChI=1S/C21H26N2/c1-19(2)11-21(17-9-13(22)5-7-15(17)19)12-20(3,4)16-8-6-14(23)10-18(16)21/h5-10H,11-12,22-23H2,1-4H3. The number of nitrogens with two attached hydrogens (primary N) is 2. The van der Waals surface area contributed by atoms with Gasteiger partial charge in [0.25, 0.3) is 0 Å². The Hall–Kier alpha value is -1.96. The zero-order chi connectivity index (χ0) is 16.6. The molecular weight excluding hydrogens is 280 g/mol. The largest absolute Gasteiger partial charge is 0.399 e. The van der Waals surface area contributed by atoms with Crippen LogP contribution in [0.4, 0.5) is 11.4 Å². The number of benzene rings is 2. The van der Waals surface area contributed by atoms with Gasteiger partial charge in [-0.15, -0.1) is 0 Å². The highest BCUT2D eigenvalue weighted by atomic mass is 14.6. The molecule has 0 fully saturated rings. The van der Waals surface area contributed by atoms with Crippen LogP contribution in [-0.4, -0.2) is 0 Å². The predicted octanol–water partition coefficient (Wildman–Crippen LogP) is 4.50. The zero-order valence-electron chi connectivity index (χ0n) is 14.5. The summed E-state index contributed by atoms with van der Waals surface area (Å²) in [7, 11) is 0. The Bertz CT molecular complexity index is 745. The number of fused-ring (bicyclic) bond motifs is 4. The first-order valence-electron chi connectivity index (χ1n) is 8.47. The highest BCUT2D eigenvalue weighted by Gasteiger charge is 2.56. The minimum atomic E-state index is 0.0441. The number of hydrogen-bond acceptors (Lipinski definition) is 2. The Morgan fingerprint density at radius 3 is 1.43 bits per heavy atom. The molecule has 2 nitrogen and oxygen atoms in total. The van der Waals surface area contributed by atoms with Gasteiger partial charge >= 0.3 is 0 Å². The summed E-state index contributed by atoms with van der Waals surface area (Å²) in [6.45, 7) is 9.42. The Morgan fingerprint density at radius 1 is 0.652 bits per heavy atom. The van der Waals surface area contributed by atoms with Crippen molar-refractivity contribution in [2.45, 2.75) is 56.8 Å². The van der Waals surface area contributed by atoms with Gasteiger partial charge in [-0.05, 0) is 70.2 Å². The van der Waals surface area contributed by atoms with E-state index in [0.29, 0.717) is 0 Å². The van der Waals surface area contributed by atoms with E-state index in [4.69, 9.17) is 11.5 Å². The van der Waals surface area contributed by atoms with Gasteiger partial charge in [0, 0.05) is 16.8 Å². The highest BCUT2D eigenvalue weighted by Crippen LogP contribution is 2.63. The molecule has 0 amide bonds. The second-order valence-electron chi connectivity index (χ2n) is 8.81. The normalized spacial score (nSPS) is 22.1. The lowest BCUT2D eigenvalue weighted by molar-refractivity contribution is 0.350. The monoisotopic (exact) mass is 306 g/mol. The van der Waals surface area contributed by atoms with Gasteiger partial charge in [-0.1, -0.05) is 39.8 Å². The number of rotatable bonds is 0. The van der Waals surface area contributed by atoms with E-state index in [1.54, 1.807) is 0 Å². The minimum Gasteiger partial charge on any atom is -0.399 e. The predicted molar refractivity (Wildman–Crippen MR) is 97.8 cm³/mol. The molecule has 2 aliphatic rings. The minimum absolute atomic E-state index is 0.0441. The summed E-state index contributed by atoms with van der Waals surface area (Å²) in [6, 6.07) is 13.0. The molecule has 2 heteroatoms. The van der Waals surface area contributed by atoms with E-state index in [1.165, 1.54) is 22.3 Å². The van der Waals surface area contributed by atoms with Gasteiger partial charge in [0.2, 0.25) is 0 Å². The molecule has 0 aliphatic heterocycles. The summed E-state index contributed by atoms with van der Waals surface area (Å²) >= 11 is 0. The van der Waals surface area contributed by atoms with Crippen molar-refractivity contribution in [3.05, 3.63) is 58.7 Å². The fourth-order valence-corrected chi connectivity index (χ4v) is 5.38. The van der Waals surface area contributed by atoms with Crippen molar-refractivity contribution in [3.63, 3.8) is 0 Å². The molecular formula is C21H26N2. The van der Waals surface area contributed by atoms with Crippen molar-refractivity contribution in [1.29, 1.82) is 0 Å². The van der Waals surface area contributed by atoms with E-state index in [2.05, 4.69) is 52.0 Å². The molecule has 0 aromatic heterocycles. The summed E-state index contributed by atoms with van der Waals surface area (Å²) < 4.78 is 0. The molecule has 2 aliphatic carbocycles. The van der Waals surface area contributed by atoms with Gasteiger partial charge in [-0.3, -0.25) is 0 Å². The van der Waals surface area contributed by atoms with Crippen LogP contribution in [0.25, 0.3) is 0 Å². The highest BCUT2D eigenvalue weighted by molar-refractivity contribution is 5.64. The van der Waals surface area contributed by atoms with Crippen LogP contribution in [0.15, 0.2) is 36.4 Å². The lowest BCUT2D eigenvalue weighted by Crippen LogP contribution is -2.27. The molecule has 4 rings (SSSR count). The Labute approximate surface area is 138 Å². The molecule has 0 bridgehead atoms. The van der Waals surface area contributed by atoms with Gasteiger partial charge in [0.05, 0.1) is 0 Å². The van der Waals surface area contributed by atoms with Gasteiger partial charge < -0.3 is 11.5 Å². The maximum absolute atomic E-state index is 6.16. The van der Waals surface area contributed by atoms with E-state index >= 15 is 0 Å². The van der Waals surface area contributed by atoms with Crippen molar-refractivity contribution in [1.82, 2.24) is 0 Å². The molecule has 2 aromatic rings. The SMILES string of the molecule is CC1(C)CC2(CC(C)(C)c3ccc(N)cc32)c2cc(N)ccc21. The maximum Gasteiger partial charge on any atom is 0.0317 e. The fraction of sp³-hybridized carbons (Fsp3) is 0.429. The van der Waals surface area contributed by atoms with Crippen molar-refractivity contribution < 1.29 is 0 Å². The summed E-state index contributed by atoms with van der Waals surface area (Å²) in [4.78, 5) is 0. The van der Waals surface area contributed by atoms with Crippen LogP contribution in [0, 0.1) is 0 Å². The van der Waals surface area contributed by atoms with Crippen molar-refractivity contribution in [2.24, 2.45) is 0 Å². The van der Waals surface area contributed by atoms with E-state index in [0.717, 1.165) is 24.2 Å². The van der Waals surface area contributed by atoms with Gasteiger partial charge in [-0.25, -0.2) is 0 Å². The lowest BCUT2D eigenvalue weighted by atomic mass is 9.72. The quantitative estimate of drug-likeness (QED) is 0.704. The number of hydrogen-bond donors (Lipinski definition) is 2. The second-order valence-corrected chi connectivity index (χ2v) is 8.81. The zero-order valence-corrected chi connectivity index (χ0v) is 14.5. The summed E-state index contributed by atoms with van der Waals surface area (Å²) in [5.41, 5.74) is 20.1. The van der Waals surface area contributed by atoms with Gasteiger partial charge in [0.15, 0.2) is 0 Å². The molecule has 0 radical (unpaired) electrons. The van der Waals surface area contributed by atoms with Crippen molar-refractivity contribution in [2.75, 3.05) is 11.5 Å². The summed E-state index contributed by atoms with van der Waals surface area (Å²) in [5, 5.41) is 0. The molecule has 0 saturated carbocycles. The Morgan fingerprint density at radius 2 is 1.04 bits per heavy atom. The average molecular weight is 306 g/mol. The average Bonchev–Trinajstić information content (AvgIpc) is 2.78. The van der Waals surface area contributed by atoms with Crippen LogP contribution in [0.5, 0.6) is 0 Å². The molecule has 0 unspecified atom stereocenters. The molecule has 0 saturated heterocycles. The second kappa shape index (κ2) is 4.11. The van der Waals surface area contributed by atoms with Crippen LogP contribution in [0.3, 0.4) is 0 Å². The third-order valence-corrected chi connectivity index (χ3v) is 6.06. The van der Waals surface area contributed by atoms with Crippen molar-refractivity contribution >= 4 is 11.4 Å². The molecule has 1 spiro atoms. The molecule has 23 heavy (non-hydrogen) atoms. The molecule has 0 heterocycles. The first-order chi connectivity index (χ1) is 10.7. The van der Waals surface area contributed by atoms with Crippen LogP contribution in [0.1, 0.15) is 62.8 Å². The molecule has 120 valence electrons. The smallest absolute Gasteiger partial charge is 0.0317 e. The van der Waals surface area contributed by atoms with E-state index in [1.807, 2.05) is 12.1 Å². The van der Waals surface area contributed by atoms with Gasteiger partial charge in [-0.2, -0.15) is 0 Å². The third-order valence-electron chi connectivity index (χ3n) is 6.06. The van der Waals surface area contributed by atoms with E-state index in [9.17, 15) is 0 Å². The molecule has 2 aromatic carbocycles. The maximum atomic E-state index is 6.16. The van der Waals surface area contributed by atoms with Gasteiger partial charge in [0.1, 0.15) is 0 Å². The van der Waals surface area contributed by atoms with Crippen molar-refractivity contribution in [3.8, 4) is 0 Å². The molecule has 4 N–H and O–H groups in total. The Balaban J connectivity index is 2.06. The lowest BCUT2D eigenvalue weighted by Gasteiger charge is -2.30. The Kier molecular flexibility index (Phi) is 2.61. The van der Waals surface area contributed by atoms with Crippen LogP contribution in [-0.2, 0) is 16.2 Å². The first-order valence-corrected chi connectivity index (χ1v) is 8.47. The van der Waals surface area contributed by atoms with E-state index < -0.39 is 0 Å². The van der Waals surface area contributed by atoms with Crippen LogP contribution in [0.2, 0.25) is 0 Å². The van der Waals surface area contributed by atoms with E-state index in [-0.39, 0.29) is 16.2 Å². The number of nitrogen functional groups attached to an aromatic ring is 2.